The van der Waals surface area contributed by atoms with Gasteiger partial charge < -0.3 is 15.4 Å². The normalized spacial score (nSPS) is 13.0. The molecule has 0 fully saturated rings. The van der Waals surface area contributed by atoms with Crippen LogP contribution in [0.4, 0.5) is 0 Å². The minimum atomic E-state index is -3.71. The molecule has 3 rings (SSSR count). The molecule has 1 amide bonds. The predicted octanol–water partition coefficient (Wildman–Crippen LogP) is 4.75. The van der Waals surface area contributed by atoms with Gasteiger partial charge in [-0.3, -0.25) is 9.59 Å². The number of halogens is 1. The fourth-order valence-electron chi connectivity index (χ4n) is 3.86. The van der Waals surface area contributed by atoms with E-state index < -0.39 is 15.9 Å². The Kier molecular flexibility index (Phi) is 9.86. The Labute approximate surface area is 223 Å². The first-order valence-electron chi connectivity index (χ1n) is 12.0. The van der Waals surface area contributed by atoms with Crippen LogP contribution in [0.15, 0.2) is 82.6 Å². The van der Waals surface area contributed by atoms with E-state index in [-0.39, 0.29) is 27.7 Å². The molecule has 0 aromatic heterocycles. The van der Waals surface area contributed by atoms with Gasteiger partial charge in [0.15, 0.2) is 0 Å². The molecule has 0 saturated heterocycles. The molecule has 0 bridgehead atoms. The van der Waals surface area contributed by atoms with Crippen LogP contribution in [0.2, 0.25) is 5.02 Å². The van der Waals surface area contributed by atoms with Gasteiger partial charge in [-0.25, -0.2) is 8.42 Å². The highest BCUT2D eigenvalue weighted by molar-refractivity contribution is 7.91. The lowest BCUT2D eigenvalue weighted by Gasteiger charge is -2.21. The van der Waals surface area contributed by atoms with Gasteiger partial charge in [-0.2, -0.15) is 0 Å². The molecule has 2 atom stereocenters. The number of carbonyl (C=O) groups is 2. The van der Waals surface area contributed by atoms with E-state index in [9.17, 15) is 18.0 Å². The van der Waals surface area contributed by atoms with Crippen molar-refractivity contribution in [1.82, 2.24) is 10.6 Å². The van der Waals surface area contributed by atoms with Gasteiger partial charge in [-0.1, -0.05) is 35.9 Å². The summed E-state index contributed by atoms with van der Waals surface area (Å²) in [5.74, 6) is -0.625. The molecule has 196 valence electrons. The zero-order valence-corrected chi connectivity index (χ0v) is 22.6. The number of rotatable bonds is 11. The molecule has 0 saturated carbocycles. The summed E-state index contributed by atoms with van der Waals surface area (Å²) >= 11 is 6.09. The fraction of sp³-hybridized carbons (Fsp3) is 0.286. The Morgan fingerprint density at radius 3 is 2.16 bits per heavy atom. The first kappa shape index (κ1) is 28.4. The minimum Gasteiger partial charge on any atom is -0.456 e. The average Bonchev–Trinajstić information content (AvgIpc) is 2.87. The molecule has 3 aromatic carbocycles. The summed E-state index contributed by atoms with van der Waals surface area (Å²) in [6.45, 7) is 6.09. The molecule has 0 radical (unpaired) electrons. The highest BCUT2D eigenvalue weighted by Gasteiger charge is 2.19. The summed E-state index contributed by atoms with van der Waals surface area (Å²) in [6.07, 6.45) is 0.162. The number of hydrogen-bond donors (Lipinski definition) is 2. The van der Waals surface area contributed by atoms with Crippen LogP contribution in [-0.2, 0) is 25.8 Å². The topological polar surface area (TPSA) is 102 Å². The lowest BCUT2D eigenvalue weighted by atomic mass is 10.1. The summed E-state index contributed by atoms with van der Waals surface area (Å²) in [4.78, 5) is 23.8. The Morgan fingerprint density at radius 1 is 0.973 bits per heavy atom. The van der Waals surface area contributed by atoms with Crippen molar-refractivity contribution in [3.63, 3.8) is 0 Å². The van der Waals surface area contributed by atoms with E-state index in [4.69, 9.17) is 16.3 Å². The smallest absolute Gasteiger partial charge is 0.303 e. The van der Waals surface area contributed by atoms with E-state index in [0.29, 0.717) is 30.1 Å². The largest absolute Gasteiger partial charge is 0.456 e. The summed E-state index contributed by atoms with van der Waals surface area (Å²) < 4.78 is 31.5. The molecule has 7 nitrogen and oxygen atoms in total. The van der Waals surface area contributed by atoms with Crippen molar-refractivity contribution >= 4 is 33.3 Å². The maximum absolute atomic E-state index is 13.0. The van der Waals surface area contributed by atoms with Crippen LogP contribution in [-0.4, -0.2) is 39.4 Å². The van der Waals surface area contributed by atoms with Gasteiger partial charge in [-0.15, -0.1) is 0 Å². The van der Waals surface area contributed by atoms with E-state index in [1.807, 2.05) is 26.0 Å². The third-order valence-electron chi connectivity index (χ3n) is 5.72. The summed E-state index contributed by atoms with van der Waals surface area (Å²) in [7, 11) is -3.71. The summed E-state index contributed by atoms with van der Waals surface area (Å²) in [5.41, 5.74) is 2.16. The van der Waals surface area contributed by atoms with Crippen molar-refractivity contribution in [1.29, 1.82) is 0 Å². The Hall–Kier alpha value is -3.20. The molecule has 0 aliphatic heterocycles. The number of sulfone groups is 1. The first-order valence-corrected chi connectivity index (χ1v) is 13.8. The molecule has 3 aromatic rings. The van der Waals surface area contributed by atoms with Crippen LogP contribution < -0.4 is 10.6 Å². The fourth-order valence-corrected chi connectivity index (χ4v) is 5.32. The number of ether oxygens (including phenoxy) is 1. The van der Waals surface area contributed by atoms with Crippen LogP contribution in [0.5, 0.6) is 0 Å². The lowest BCUT2D eigenvalue weighted by molar-refractivity contribution is -0.146. The lowest BCUT2D eigenvalue weighted by Crippen LogP contribution is -2.33. The second-order valence-electron chi connectivity index (χ2n) is 8.70. The van der Waals surface area contributed by atoms with Gasteiger partial charge in [0.05, 0.1) is 9.79 Å². The van der Waals surface area contributed by atoms with Gasteiger partial charge >= 0.3 is 5.97 Å². The molecular formula is C28H31ClN2O5S. The van der Waals surface area contributed by atoms with E-state index in [1.165, 1.54) is 31.2 Å². The summed E-state index contributed by atoms with van der Waals surface area (Å²) in [6, 6.07) is 19.9. The molecule has 0 heterocycles. The SMILES string of the molecule is CCNC(=O)c1ccc(S(=O)(=O)c2ccc(C[C@@H](C)NC[C@@H](OC(C)=O)c3cccc(Cl)c3)cc2)cc1. The van der Waals surface area contributed by atoms with Crippen molar-refractivity contribution in [3.05, 3.63) is 94.5 Å². The second-order valence-corrected chi connectivity index (χ2v) is 11.1. The van der Waals surface area contributed by atoms with Crippen molar-refractivity contribution in [2.45, 2.75) is 49.1 Å². The molecule has 2 N–H and O–H groups in total. The van der Waals surface area contributed by atoms with Gasteiger partial charge in [0.25, 0.3) is 5.91 Å². The van der Waals surface area contributed by atoms with Crippen molar-refractivity contribution in [2.24, 2.45) is 0 Å². The Balaban J connectivity index is 1.63. The number of benzene rings is 3. The van der Waals surface area contributed by atoms with Crippen molar-refractivity contribution in [3.8, 4) is 0 Å². The summed E-state index contributed by atoms with van der Waals surface area (Å²) in [5, 5.41) is 6.63. The number of nitrogens with one attached hydrogen (secondary N) is 2. The van der Waals surface area contributed by atoms with Gasteiger partial charge in [0, 0.05) is 36.6 Å². The first-order chi connectivity index (χ1) is 17.6. The Morgan fingerprint density at radius 2 is 1.59 bits per heavy atom. The van der Waals surface area contributed by atoms with Crippen LogP contribution in [0.25, 0.3) is 0 Å². The third kappa shape index (κ3) is 7.89. The predicted molar refractivity (Wildman–Crippen MR) is 143 cm³/mol. The quantitative estimate of drug-likeness (QED) is 0.339. The van der Waals surface area contributed by atoms with Crippen molar-refractivity contribution in [2.75, 3.05) is 13.1 Å². The molecule has 37 heavy (non-hydrogen) atoms. The number of hydrogen-bond acceptors (Lipinski definition) is 6. The zero-order valence-electron chi connectivity index (χ0n) is 21.0. The van der Waals surface area contributed by atoms with Crippen LogP contribution >= 0.6 is 11.6 Å². The molecule has 0 aliphatic rings. The van der Waals surface area contributed by atoms with Crippen LogP contribution in [0, 0.1) is 0 Å². The number of esters is 1. The van der Waals surface area contributed by atoms with E-state index in [1.54, 1.807) is 36.4 Å². The molecular weight excluding hydrogens is 512 g/mol. The number of amides is 1. The molecule has 0 unspecified atom stereocenters. The van der Waals surface area contributed by atoms with Gasteiger partial charge in [0.1, 0.15) is 6.10 Å². The van der Waals surface area contributed by atoms with Crippen LogP contribution in [0.1, 0.15) is 48.4 Å². The minimum absolute atomic E-state index is 0.0292. The Bertz CT molecular complexity index is 1330. The van der Waals surface area contributed by atoms with Gasteiger partial charge in [0.2, 0.25) is 9.84 Å². The average molecular weight is 543 g/mol. The monoisotopic (exact) mass is 542 g/mol. The van der Waals surface area contributed by atoms with Crippen LogP contribution in [0.3, 0.4) is 0 Å². The zero-order chi connectivity index (χ0) is 27.0. The van der Waals surface area contributed by atoms with Crippen molar-refractivity contribution < 1.29 is 22.7 Å². The molecule has 0 spiro atoms. The second kappa shape index (κ2) is 12.9. The van der Waals surface area contributed by atoms with E-state index >= 15 is 0 Å². The molecule has 0 aliphatic carbocycles. The maximum Gasteiger partial charge on any atom is 0.303 e. The molecule has 9 heteroatoms. The highest BCUT2D eigenvalue weighted by Crippen LogP contribution is 2.23. The standard InChI is InChI=1S/C28H31ClN2O5S/c1-4-30-28(33)22-10-14-26(15-11-22)37(34,35)25-12-8-21(9-13-25)16-19(2)31-18-27(36-20(3)32)23-6-5-7-24(29)17-23/h5-15,17,19,27,31H,4,16,18H2,1-3H3,(H,30,33)/t19-,27-/m1/s1. The third-order valence-corrected chi connectivity index (χ3v) is 7.74. The van der Waals surface area contributed by atoms with E-state index in [2.05, 4.69) is 10.6 Å². The number of carbonyl (C=O) groups excluding carboxylic acids is 2. The van der Waals surface area contributed by atoms with E-state index in [0.717, 1.165) is 11.1 Å². The van der Waals surface area contributed by atoms with Gasteiger partial charge in [-0.05, 0) is 79.9 Å². The highest BCUT2D eigenvalue weighted by atomic mass is 35.5. The maximum atomic E-state index is 13.0.